The molecule has 0 aliphatic carbocycles. The molecule has 0 aromatic heterocycles. The van der Waals surface area contributed by atoms with E-state index >= 15 is 0 Å². The number of allylic oxidation sites excluding steroid dienone is 10. The molecule has 0 aromatic rings. The number of hydrogen-bond donors (Lipinski definition) is 0. The van der Waals surface area contributed by atoms with Crippen molar-refractivity contribution < 1.29 is 9.72 Å². The summed E-state index contributed by atoms with van der Waals surface area (Å²) >= 11 is 0. The van der Waals surface area contributed by atoms with Crippen molar-refractivity contribution in [3.8, 4) is 0 Å². The van der Waals surface area contributed by atoms with Crippen molar-refractivity contribution in [3.05, 3.63) is 70.5 Å². The van der Waals surface area contributed by atoms with Crippen molar-refractivity contribution in [2.24, 2.45) is 0 Å². The first-order chi connectivity index (χ1) is 11.7. The summed E-state index contributed by atoms with van der Waals surface area (Å²) in [5.41, 5.74) is 0.274. The molecular weight excluding hydrogens is 302 g/mol. The van der Waals surface area contributed by atoms with Crippen molar-refractivity contribution in [1.82, 2.24) is 0 Å². The van der Waals surface area contributed by atoms with Crippen molar-refractivity contribution in [1.29, 1.82) is 0 Å². The van der Waals surface area contributed by atoms with Crippen LogP contribution in [0.25, 0.3) is 0 Å². The number of rotatable bonds is 14. The summed E-state index contributed by atoms with van der Waals surface area (Å²) in [6.07, 6.45) is 26.2. The summed E-state index contributed by atoms with van der Waals surface area (Å²) in [6, 6.07) is 0. The van der Waals surface area contributed by atoms with Crippen LogP contribution in [0.15, 0.2) is 60.4 Å². The van der Waals surface area contributed by atoms with Gasteiger partial charge in [-0.05, 0) is 44.6 Å². The fraction of sp³-hybridized carbons (Fsp3) is 0.450. The molecule has 0 rings (SSSR count). The van der Waals surface area contributed by atoms with Gasteiger partial charge in [-0.3, -0.25) is 14.9 Å². The van der Waals surface area contributed by atoms with Gasteiger partial charge in [-0.15, -0.1) is 0 Å². The third-order valence-corrected chi connectivity index (χ3v) is 3.22. The SMILES string of the molecule is CC/C(=C\C/C=C\C/C=C\C/C=C\C/C=C\CCC[C]=O)[N+](=O)[O-]. The van der Waals surface area contributed by atoms with Crippen LogP contribution in [0, 0.1) is 10.1 Å². The zero-order valence-electron chi connectivity index (χ0n) is 14.5. The van der Waals surface area contributed by atoms with Crippen LogP contribution in [-0.4, -0.2) is 11.2 Å². The van der Waals surface area contributed by atoms with Gasteiger partial charge in [0, 0.05) is 12.8 Å². The lowest BCUT2D eigenvalue weighted by Crippen LogP contribution is -1.96. The first-order valence-electron chi connectivity index (χ1n) is 8.50. The molecule has 0 atom stereocenters. The number of unbranched alkanes of at least 4 members (excludes halogenated alkanes) is 2. The lowest BCUT2D eigenvalue weighted by Gasteiger charge is -1.91. The van der Waals surface area contributed by atoms with Gasteiger partial charge in [-0.2, -0.15) is 0 Å². The molecule has 0 spiro atoms. The van der Waals surface area contributed by atoms with Crippen LogP contribution in [0.1, 0.15) is 58.3 Å². The first-order valence-corrected chi connectivity index (χ1v) is 8.50. The van der Waals surface area contributed by atoms with Crippen molar-refractivity contribution in [3.63, 3.8) is 0 Å². The predicted octanol–water partition coefficient (Wildman–Crippen LogP) is 5.62. The highest BCUT2D eigenvalue weighted by Gasteiger charge is 2.03. The van der Waals surface area contributed by atoms with Gasteiger partial charge in [0.15, 0.2) is 6.29 Å². The minimum atomic E-state index is -0.320. The lowest BCUT2D eigenvalue weighted by molar-refractivity contribution is -0.427. The Hall–Kier alpha value is -2.23. The average Bonchev–Trinajstić information content (AvgIpc) is 2.57. The van der Waals surface area contributed by atoms with E-state index in [1.54, 1.807) is 13.0 Å². The third kappa shape index (κ3) is 14.7. The van der Waals surface area contributed by atoms with E-state index in [1.807, 2.05) is 18.4 Å². The molecule has 0 aliphatic heterocycles. The Bertz CT molecular complexity index is 485. The zero-order chi connectivity index (χ0) is 17.9. The van der Waals surface area contributed by atoms with Crippen LogP contribution >= 0.6 is 0 Å². The smallest absolute Gasteiger partial charge is 0.242 e. The molecule has 0 unspecified atom stereocenters. The van der Waals surface area contributed by atoms with E-state index in [0.29, 0.717) is 19.3 Å². The van der Waals surface area contributed by atoms with Crippen molar-refractivity contribution >= 4 is 6.29 Å². The molecule has 0 fully saturated rings. The van der Waals surface area contributed by atoms with Gasteiger partial charge < -0.3 is 0 Å². The quantitative estimate of drug-likeness (QED) is 0.180. The fourth-order valence-corrected chi connectivity index (χ4v) is 1.87. The summed E-state index contributed by atoms with van der Waals surface area (Å²) in [5, 5.41) is 10.6. The third-order valence-electron chi connectivity index (χ3n) is 3.22. The van der Waals surface area contributed by atoms with Gasteiger partial charge in [0.05, 0.1) is 4.92 Å². The topological polar surface area (TPSA) is 60.2 Å². The Kier molecular flexibility index (Phi) is 15.5. The van der Waals surface area contributed by atoms with Crippen LogP contribution in [0.4, 0.5) is 0 Å². The maximum Gasteiger partial charge on any atom is 0.242 e. The van der Waals surface area contributed by atoms with Crippen molar-refractivity contribution in [2.75, 3.05) is 0 Å². The Morgan fingerprint density at radius 2 is 1.42 bits per heavy atom. The van der Waals surface area contributed by atoms with Crippen LogP contribution in [0.3, 0.4) is 0 Å². The van der Waals surface area contributed by atoms with Gasteiger partial charge in [0.25, 0.3) is 0 Å². The predicted molar refractivity (Wildman–Crippen MR) is 99.9 cm³/mol. The van der Waals surface area contributed by atoms with Gasteiger partial charge >= 0.3 is 0 Å². The van der Waals surface area contributed by atoms with Gasteiger partial charge in [0.2, 0.25) is 5.70 Å². The molecule has 0 bridgehead atoms. The molecule has 4 nitrogen and oxygen atoms in total. The highest BCUT2D eigenvalue weighted by Crippen LogP contribution is 2.03. The number of nitrogens with zero attached hydrogens (tertiary/aromatic N) is 1. The van der Waals surface area contributed by atoms with Crippen molar-refractivity contribution in [2.45, 2.75) is 58.3 Å². The van der Waals surface area contributed by atoms with E-state index in [0.717, 1.165) is 32.1 Å². The molecule has 4 heteroatoms. The zero-order valence-corrected chi connectivity index (χ0v) is 14.5. The summed E-state index contributed by atoms with van der Waals surface area (Å²) in [7, 11) is 0. The Morgan fingerprint density at radius 3 is 1.88 bits per heavy atom. The van der Waals surface area contributed by atoms with E-state index in [4.69, 9.17) is 0 Å². The maximum absolute atomic E-state index is 10.6. The molecule has 131 valence electrons. The minimum absolute atomic E-state index is 0.274. The maximum atomic E-state index is 10.6. The first kappa shape index (κ1) is 21.8. The molecule has 24 heavy (non-hydrogen) atoms. The lowest BCUT2D eigenvalue weighted by atomic mass is 10.2. The normalized spacial score (nSPS) is 13.0. The second kappa shape index (κ2) is 17.1. The van der Waals surface area contributed by atoms with Crippen LogP contribution in [-0.2, 0) is 4.79 Å². The molecule has 0 saturated carbocycles. The fourth-order valence-electron chi connectivity index (χ4n) is 1.87. The summed E-state index contributed by atoms with van der Waals surface area (Å²) in [6.45, 7) is 1.79. The highest BCUT2D eigenvalue weighted by molar-refractivity contribution is 5.50. The Labute approximate surface area is 145 Å². The second-order valence-corrected chi connectivity index (χ2v) is 5.17. The van der Waals surface area contributed by atoms with Crippen LogP contribution < -0.4 is 0 Å². The minimum Gasteiger partial charge on any atom is -0.291 e. The second-order valence-electron chi connectivity index (χ2n) is 5.17. The molecule has 0 heterocycles. The largest absolute Gasteiger partial charge is 0.291 e. The van der Waals surface area contributed by atoms with E-state index in [2.05, 4.69) is 36.5 Å². The summed E-state index contributed by atoms with van der Waals surface area (Å²) in [4.78, 5) is 20.3. The number of carbonyl (C=O) groups excluding carboxylic acids is 1. The highest BCUT2D eigenvalue weighted by atomic mass is 16.6. The molecule has 0 N–H and O–H groups in total. The standard InChI is InChI=1S/C20H28NO3/c1-2-20(21(23)24)18-16-14-12-10-8-6-4-3-5-7-9-11-13-15-17-19-22/h3,5-6,8-9,11-12,14,18H,2,4,7,10,13,15-17H2,1H3/b5-3-,8-6-,11-9-,14-12-,20-18+. The molecule has 1 radical (unpaired) electrons. The number of nitro groups is 1. The van der Waals surface area contributed by atoms with E-state index in [1.165, 1.54) is 0 Å². The van der Waals surface area contributed by atoms with Gasteiger partial charge in [0.1, 0.15) is 0 Å². The van der Waals surface area contributed by atoms with Gasteiger partial charge in [-0.25, -0.2) is 0 Å². The molecule has 0 saturated heterocycles. The van der Waals surface area contributed by atoms with Crippen LogP contribution in [0.2, 0.25) is 0 Å². The molecular formula is C20H28NO3. The molecule has 0 aliphatic rings. The summed E-state index contributed by atoms with van der Waals surface area (Å²) < 4.78 is 0. The van der Waals surface area contributed by atoms with E-state index in [9.17, 15) is 14.9 Å². The summed E-state index contributed by atoms with van der Waals surface area (Å²) in [5.74, 6) is 0. The van der Waals surface area contributed by atoms with Crippen LogP contribution in [0.5, 0.6) is 0 Å². The van der Waals surface area contributed by atoms with Gasteiger partial charge in [-0.1, -0.05) is 55.5 Å². The number of hydrogen-bond acceptors (Lipinski definition) is 3. The molecule has 0 aromatic carbocycles. The Morgan fingerprint density at radius 1 is 0.917 bits per heavy atom. The monoisotopic (exact) mass is 330 g/mol. The molecule has 0 amide bonds. The van der Waals surface area contributed by atoms with E-state index in [-0.39, 0.29) is 10.6 Å². The van der Waals surface area contributed by atoms with E-state index < -0.39 is 0 Å². The Balaban J connectivity index is 3.68. The average molecular weight is 330 g/mol.